The van der Waals surface area contributed by atoms with Crippen molar-refractivity contribution in [2.75, 3.05) is 0 Å². The van der Waals surface area contributed by atoms with E-state index in [1.54, 1.807) is 36.4 Å². The summed E-state index contributed by atoms with van der Waals surface area (Å²) in [6, 6.07) is 10.3. The van der Waals surface area contributed by atoms with Crippen molar-refractivity contribution in [2.45, 2.75) is 10.1 Å². The number of hydrogen-bond donors (Lipinski definition) is 0. The van der Waals surface area contributed by atoms with Gasteiger partial charge in [-0.25, -0.2) is 0 Å². The molecule has 22 heavy (non-hydrogen) atoms. The molecule has 0 unspecified atom stereocenters. The summed E-state index contributed by atoms with van der Waals surface area (Å²) in [7, 11) is -2.65. The van der Waals surface area contributed by atoms with Gasteiger partial charge in [0.1, 0.15) is 0 Å². The van der Waals surface area contributed by atoms with Crippen molar-refractivity contribution >= 4 is 32.0 Å². The van der Waals surface area contributed by atoms with Crippen LogP contribution in [0.1, 0.15) is 0 Å². The summed E-state index contributed by atoms with van der Waals surface area (Å²) in [5, 5.41) is 23.8. The minimum atomic E-state index is -5.17. The second kappa shape index (κ2) is 9.98. The van der Waals surface area contributed by atoms with Crippen LogP contribution in [0.2, 0.25) is 0 Å². The molecule has 0 N–H and O–H groups in total. The summed E-state index contributed by atoms with van der Waals surface area (Å²) < 4.78 is 35.6. The molecule has 0 aliphatic heterocycles. The maximum absolute atomic E-state index is 11.3. The van der Waals surface area contributed by atoms with Gasteiger partial charge in [-0.2, -0.15) is 9.46 Å². The summed E-state index contributed by atoms with van der Waals surface area (Å²) in [6.45, 7) is 0. The van der Waals surface area contributed by atoms with Crippen molar-refractivity contribution in [3.8, 4) is 0 Å². The van der Waals surface area contributed by atoms with Crippen molar-refractivity contribution in [3.63, 3.8) is 0 Å². The van der Waals surface area contributed by atoms with E-state index in [1.165, 1.54) is 34.0 Å². The first-order valence-corrected chi connectivity index (χ1v) is 8.63. The van der Waals surface area contributed by atoms with Crippen LogP contribution in [-0.4, -0.2) is 17.5 Å². The molecule has 0 aliphatic rings. The van der Waals surface area contributed by atoms with Gasteiger partial charge in [0.05, 0.1) is 0 Å². The molecule has 0 saturated carbocycles. The SMILES string of the molecule is O=S(=O)([O-])[O-].[O-][n+]1ccccc1SSc1cccc[n+]1[O-].[Zn+2]. The Balaban J connectivity index is 0.000000644. The Kier molecular flexibility index (Phi) is 9.57. The first-order valence-electron chi connectivity index (χ1n) is 5.15. The fourth-order valence-electron chi connectivity index (χ4n) is 1.04. The maximum Gasteiger partial charge on any atom is 2.00 e. The van der Waals surface area contributed by atoms with Gasteiger partial charge in [-0.1, -0.05) is 0 Å². The number of aromatic nitrogens is 2. The van der Waals surface area contributed by atoms with Gasteiger partial charge >= 0.3 is 19.5 Å². The summed E-state index contributed by atoms with van der Waals surface area (Å²) in [5.74, 6) is 0. The Labute approximate surface area is 147 Å². The number of hydrogen-bond acceptors (Lipinski definition) is 8. The van der Waals surface area contributed by atoms with E-state index < -0.39 is 10.4 Å². The Hall–Kier alpha value is -0.907. The predicted octanol–water partition coefficient (Wildman–Crippen LogP) is 0.412. The van der Waals surface area contributed by atoms with Crippen LogP contribution < -0.4 is 9.46 Å². The average Bonchev–Trinajstić information content (AvgIpc) is 2.37. The molecule has 8 nitrogen and oxygen atoms in total. The van der Waals surface area contributed by atoms with Crippen molar-refractivity contribution in [2.24, 2.45) is 0 Å². The predicted molar refractivity (Wildman–Crippen MR) is 73.0 cm³/mol. The monoisotopic (exact) mass is 412 g/mol. The molecule has 0 spiro atoms. The van der Waals surface area contributed by atoms with Gasteiger partial charge in [-0.3, -0.25) is 8.42 Å². The standard InChI is InChI=1S/C10H8N2O2S2.H2O4S.Zn/c13-11-7-3-1-5-9(11)15-16-10-6-2-4-8-12(10)14;1-5(2,3)4;/h1-8H;(H2,1,2,3,4);/q;;+2/p-2. The zero-order valence-electron chi connectivity index (χ0n) is 10.9. The molecule has 0 atom stereocenters. The van der Waals surface area contributed by atoms with Gasteiger partial charge in [0.25, 0.3) is 10.1 Å². The van der Waals surface area contributed by atoms with E-state index in [1.807, 2.05) is 0 Å². The molecule has 2 aromatic rings. The Morgan fingerprint density at radius 1 is 0.818 bits per heavy atom. The molecule has 12 heteroatoms. The van der Waals surface area contributed by atoms with E-state index in [0.717, 1.165) is 9.46 Å². The van der Waals surface area contributed by atoms with Crippen molar-refractivity contribution in [1.82, 2.24) is 0 Å². The Bertz CT molecular complexity index is 647. The first-order chi connectivity index (χ1) is 9.77. The van der Waals surface area contributed by atoms with Crippen LogP contribution in [0.4, 0.5) is 0 Å². The topological polar surface area (TPSA) is 134 Å². The normalized spacial score (nSPS) is 10.1. The fourth-order valence-corrected chi connectivity index (χ4v) is 3.03. The van der Waals surface area contributed by atoms with E-state index in [4.69, 9.17) is 17.5 Å². The quantitative estimate of drug-likeness (QED) is 0.176. The number of rotatable bonds is 3. The third-order valence-corrected chi connectivity index (χ3v) is 4.12. The van der Waals surface area contributed by atoms with Crippen LogP contribution in [0.15, 0.2) is 58.8 Å². The van der Waals surface area contributed by atoms with Gasteiger partial charge in [0, 0.05) is 56.3 Å². The summed E-state index contributed by atoms with van der Waals surface area (Å²) in [5.41, 5.74) is 0. The second-order valence-electron chi connectivity index (χ2n) is 3.30. The van der Waals surface area contributed by atoms with Gasteiger partial charge in [-0.05, 0) is 12.1 Å². The molecule has 114 valence electrons. The van der Waals surface area contributed by atoms with Crippen molar-refractivity contribution in [1.29, 1.82) is 0 Å². The van der Waals surface area contributed by atoms with Crippen LogP contribution in [0, 0.1) is 10.4 Å². The van der Waals surface area contributed by atoms with Gasteiger partial charge in [0.15, 0.2) is 12.4 Å². The van der Waals surface area contributed by atoms with Crippen LogP contribution in [0.3, 0.4) is 0 Å². The molecule has 2 heterocycles. The maximum atomic E-state index is 11.3. The van der Waals surface area contributed by atoms with Crippen molar-refractivity contribution < 1.29 is 46.5 Å². The molecular formula is C10H8N2O6S3Zn. The molecule has 0 fully saturated rings. The van der Waals surface area contributed by atoms with Gasteiger partial charge in [-0.15, -0.1) is 0 Å². The molecule has 0 bridgehead atoms. The van der Waals surface area contributed by atoms with Crippen LogP contribution in [-0.2, 0) is 29.9 Å². The summed E-state index contributed by atoms with van der Waals surface area (Å²) >= 11 is 0. The Morgan fingerprint density at radius 3 is 1.41 bits per heavy atom. The van der Waals surface area contributed by atoms with Gasteiger partial charge < -0.3 is 19.5 Å². The first kappa shape index (κ1) is 21.1. The molecule has 0 aromatic carbocycles. The van der Waals surface area contributed by atoms with E-state index >= 15 is 0 Å². The van der Waals surface area contributed by atoms with Crippen molar-refractivity contribution in [3.05, 3.63) is 59.2 Å². The number of pyridine rings is 2. The third-order valence-electron chi connectivity index (χ3n) is 1.79. The van der Waals surface area contributed by atoms with E-state index in [0.29, 0.717) is 10.1 Å². The third kappa shape index (κ3) is 9.18. The smallest absolute Gasteiger partial charge is 0.759 e. The molecule has 2 rings (SSSR count). The molecule has 2 aromatic heterocycles. The van der Waals surface area contributed by atoms with Gasteiger partial charge in [0.2, 0.25) is 0 Å². The molecule has 0 saturated heterocycles. The van der Waals surface area contributed by atoms with E-state index in [9.17, 15) is 10.4 Å². The van der Waals surface area contributed by atoms with E-state index in [2.05, 4.69) is 0 Å². The minimum Gasteiger partial charge on any atom is -0.759 e. The summed E-state index contributed by atoms with van der Waals surface area (Å²) in [4.78, 5) is 0. The van der Waals surface area contributed by atoms with Crippen LogP contribution in [0.25, 0.3) is 0 Å². The zero-order chi connectivity index (χ0) is 15.9. The molecular weight excluding hydrogens is 406 g/mol. The fraction of sp³-hybridized carbons (Fsp3) is 0. The van der Waals surface area contributed by atoms with E-state index in [-0.39, 0.29) is 19.5 Å². The molecule has 0 radical (unpaired) electrons. The number of nitrogens with zero attached hydrogens (tertiary/aromatic N) is 2. The average molecular weight is 414 g/mol. The zero-order valence-corrected chi connectivity index (χ0v) is 16.3. The largest absolute Gasteiger partial charge is 2.00 e. The second-order valence-corrected chi connectivity index (χ2v) is 6.29. The van der Waals surface area contributed by atoms with Crippen LogP contribution in [0.5, 0.6) is 0 Å². The summed E-state index contributed by atoms with van der Waals surface area (Å²) in [6.07, 6.45) is 2.86. The molecule has 0 amide bonds. The molecule has 0 aliphatic carbocycles. The van der Waals surface area contributed by atoms with Crippen LogP contribution >= 0.6 is 21.6 Å². The minimum absolute atomic E-state index is 0. The Morgan fingerprint density at radius 2 is 1.14 bits per heavy atom.